The highest BCUT2D eigenvalue weighted by Crippen LogP contribution is 2.15. The van der Waals surface area contributed by atoms with Gasteiger partial charge in [0.1, 0.15) is 0 Å². The second-order valence-electron chi connectivity index (χ2n) is 3.88. The normalized spacial score (nSPS) is 11.5. The summed E-state index contributed by atoms with van der Waals surface area (Å²) in [7, 11) is 3.49. The van der Waals surface area contributed by atoms with E-state index in [9.17, 15) is 4.79 Å². The number of fused-ring (bicyclic) bond motifs is 1. The Kier molecular flexibility index (Phi) is 2.80. The molecule has 0 bridgehead atoms. The molecule has 1 aromatic heterocycles. The summed E-state index contributed by atoms with van der Waals surface area (Å²) in [5.74, 6) is -0.359. The van der Waals surface area contributed by atoms with E-state index in [1.54, 1.807) is 18.0 Å². The van der Waals surface area contributed by atoms with Crippen LogP contribution in [0.4, 0.5) is 0 Å². The zero-order valence-electron chi connectivity index (χ0n) is 9.30. The number of benzene rings is 1. The van der Waals surface area contributed by atoms with E-state index >= 15 is 0 Å². The molecule has 0 amide bonds. The standard InChI is InChI=1S/C11H14N2O3/c1-12(7-14)6-8-3-4-10-9(5-8)13(2)11(15)16-10/h3-5,14H,6-7H2,1-2H3. The number of oxazole rings is 1. The van der Waals surface area contributed by atoms with Crippen molar-refractivity contribution in [1.82, 2.24) is 9.47 Å². The topological polar surface area (TPSA) is 58.6 Å². The Hall–Kier alpha value is -1.59. The molecular weight excluding hydrogens is 208 g/mol. The van der Waals surface area contributed by atoms with Crippen LogP contribution in [0.3, 0.4) is 0 Å². The highest BCUT2D eigenvalue weighted by atomic mass is 16.4. The van der Waals surface area contributed by atoms with Gasteiger partial charge in [-0.1, -0.05) is 6.07 Å². The van der Waals surface area contributed by atoms with Crippen LogP contribution in [-0.4, -0.2) is 28.4 Å². The van der Waals surface area contributed by atoms with Crippen LogP contribution >= 0.6 is 0 Å². The summed E-state index contributed by atoms with van der Waals surface area (Å²) in [4.78, 5) is 13.0. The lowest BCUT2D eigenvalue weighted by Crippen LogP contribution is -2.18. The number of hydrogen-bond acceptors (Lipinski definition) is 4. The highest BCUT2D eigenvalue weighted by molar-refractivity contribution is 5.73. The smallest absolute Gasteiger partial charge is 0.408 e. The van der Waals surface area contributed by atoms with Crippen LogP contribution in [-0.2, 0) is 13.6 Å². The van der Waals surface area contributed by atoms with E-state index in [0.717, 1.165) is 11.1 Å². The summed E-state index contributed by atoms with van der Waals surface area (Å²) >= 11 is 0. The van der Waals surface area contributed by atoms with Gasteiger partial charge in [0.2, 0.25) is 0 Å². The van der Waals surface area contributed by atoms with E-state index in [4.69, 9.17) is 9.52 Å². The molecule has 1 heterocycles. The largest absolute Gasteiger partial charge is 0.419 e. The number of rotatable bonds is 3. The molecule has 16 heavy (non-hydrogen) atoms. The maximum Gasteiger partial charge on any atom is 0.419 e. The molecule has 0 radical (unpaired) electrons. The third-order valence-corrected chi connectivity index (χ3v) is 2.55. The predicted molar refractivity (Wildman–Crippen MR) is 60.0 cm³/mol. The zero-order valence-corrected chi connectivity index (χ0v) is 9.30. The number of hydrogen-bond donors (Lipinski definition) is 1. The number of aryl methyl sites for hydroxylation is 1. The lowest BCUT2D eigenvalue weighted by molar-refractivity contribution is 0.127. The Morgan fingerprint density at radius 3 is 2.94 bits per heavy atom. The summed E-state index contributed by atoms with van der Waals surface area (Å²) in [5, 5.41) is 8.92. The van der Waals surface area contributed by atoms with Crippen molar-refractivity contribution < 1.29 is 9.52 Å². The predicted octanol–water partition coefficient (Wildman–Crippen LogP) is 0.513. The lowest BCUT2D eigenvalue weighted by atomic mass is 10.2. The molecule has 0 atom stereocenters. The van der Waals surface area contributed by atoms with Gasteiger partial charge in [-0.25, -0.2) is 4.79 Å². The van der Waals surface area contributed by atoms with E-state index in [-0.39, 0.29) is 12.5 Å². The van der Waals surface area contributed by atoms with E-state index < -0.39 is 0 Å². The monoisotopic (exact) mass is 222 g/mol. The molecule has 5 heteroatoms. The first-order valence-electron chi connectivity index (χ1n) is 4.99. The Labute approximate surface area is 92.5 Å². The fourth-order valence-corrected chi connectivity index (χ4v) is 1.63. The molecule has 0 fully saturated rings. The first kappa shape index (κ1) is 10.9. The average molecular weight is 222 g/mol. The van der Waals surface area contributed by atoms with Gasteiger partial charge in [-0.05, 0) is 24.7 Å². The van der Waals surface area contributed by atoms with Crippen LogP contribution < -0.4 is 5.76 Å². The van der Waals surface area contributed by atoms with E-state index in [2.05, 4.69) is 0 Å². The molecule has 0 aliphatic heterocycles. The van der Waals surface area contributed by atoms with Gasteiger partial charge in [-0.3, -0.25) is 9.47 Å². The summed E-state index contributed by atoms with van der Waals surface area (Å²) in [6.45, 7) is 0.633. The minimum absolute atomic E-state index is 0.00234. The summed E-state index contributed by atoms with van der Waals surface area (Å²) in [6, 6.07) is 5.56. The van der Waals surface area contributed by atoms with E-state index in [1.165, 1.54) is 4.57 Å². The maximum absolute atomic E-state index is 11.3. The van der Waals surface area contributed by atoms with Gasteiger partial charge in [0.25, 0.3) is 0 Å². The molecule has 0 saturated heterocycles. The van der Waals surface area contributed by atoms with Crippen molar-refractivity contribution in [3.05, 3.63) is 34.3 Å². The van der Waals surface area contributed by atoms with Gasteiger partial charge >= 0.3 is 5.76 Å². The molecule has 0 saturated carbocycles. The van der Waals surface area contributed by atoms with Gasteiger partial charge in [0.05, 0.1) is 12.2 Å². The van der Waals surface area contributed by atoms with Gasteiger partial charge in [-0.15, -0.1) is 0 Å². The van der Waals surface area contributed by atoms with Crippen LogP contribution in [0.25, 0.3) is 11.1 Å². The maximum atomic E-state index is 11.3. The minimum Gasteiger partial charge on any atom is -0.408 e. The van der Waals surface area contributed by atoms with Crippen LogP contribution in [0, 0.1) is 0 Å². The third kappa shape index (κ3) is 1.87. The quantitative estimate of drug-likeness (QED) is 0.769. The van der Waals surface area contributed by atoms with Crippen molar-refractivity contribution in [3.8, 4) is 0 Å². The number of nitrogens with zero attached hydrogens (tertiary/aromatic N) is 2. The Bertz CT molecular complexity index is 556. The first-order chi connectivity index (χ1) is 7.61. The molecule has 2 aromatic rings. The molecule has 0 aliphatic rings. The highest BCUT2D eigenvalue weighted by Gasteiger charge is 2.07. The van der Waals surface area contributed by atoms with Gasteiger partial charge in [0.15, 0.2) is 5.58 Å². The summed E-state index contributed by atoms with van der Waals surface area (Å²) in [5.41, 5.74) is 2.39. The van der Waals surface area contributed by atoms with Crippen molar-refractivity contribution in [2.45, 2.75) is 6.54 Å². The summed E-state index contributed by atoms with van der Waals surface area (Å²) < 4.78 is 6.50. The summed E-state index contributed by atoms with van der Waals surface area (Å²) in [6.07, 6.45) is 0. The van der Waals surface area contributed by atoms with Crippen molar-refractivity contribution in [2.24, 2.45) is 7.05 Å². The minimum atomic E-state index is -0.359. The SMILES string of the molecule is CN(CO)Cc1ccc2oc(=O)n(C)c2c1. The van der Waals surface area contributed by atoms with Crippen molar-refractivity contribution in [2.75, 3.05) is 13.8 Å². The lowest BCUT2D eigenvalue weighted by Gasteiger charge is -2.12. The third-order valence-electron chi connectivity index (χ3n) is 2.55. The van der Waals surface area contributed by atoms with Crippen molar-refractivity contribution in [1.29, 1.82) is 0 Å². The molecule has 1 N–H and O–H groups in total. The Balaban J connectivity index is 2.43. The number of aliphatic hydroxyl groups excluding tert-OH is 1. The van der Waals surface area contributed by atoms with Crippen LogP contribution in [0.2, 0.25) is 0 Å². The molecule has 5 nitrogen and oxygen atoms in total. The second kappa shape index (κ2) is 4.11. The molecule has 0 spiro atoms. The number of aromatic nitrogens is 1. The van der Waals surface area contributed by atoms with Crippen molar-refractivity contribution >= 4 is 11.1 Å². The van der Waals surface area contributed by atoms with Crippen molar-refractivity contribution in [3.63, 3.8) is 0 Å². The Morgan fingerprint density at radius 2 is 2.25 bits per heavy atom. The second-order valence-corrected chi connectivity index (χ2v) is 3.88. The van der Waals surface area contributed by atoms with Gasteiger partial charge in [0, 0.05) is 13.6 Å². The average Bonchev–Trinajstić information content (AvgIpc) is 2.55. The van der Waals surface area contributed by atoms with Crippen LogP contribution in [0.5, 0.6) is 0 Å². The molecule has 0 unspecified atom stereocenters. The van der Waals surface area contributed by atoms with E-state index in [1.807, 2.05) is 19.2 Å². The number of aliphatic hydroxyl groups is 1. The molecular formula is C11H14N2O3. The first-order valence-corrected chi connectivity index (χ1v) is 4.99. The molecule has 86 valence electrons. The zero-order chi connectivity index (χ0) is 11.7. The van der Waals surface area contributed by atoms with Gasteiger partial charge in [-0.2, -0.15) is 0 Å². The fraction of sp³-hybridized carbons (Fsp3) is 0.364. The van der Waals surface area contributed by atoms with Crippen LogP contribution in [0.1, 0.15) is 5.56 Å². The molecule has 0 aliphatic carbocycles. The van der Waals surface area contributed by atoms with Crippen LogP contribution in [0.15, 0.2) is 27.4 Å². The molecule has 2 rings (SSSR count). The Morgan fingerprint density at radius 1 is 1.50 bits per heavy atom. The fourth-order valence-electron chi connectivity index (χ4n) is 1.63. The van der Waals surface area contributed by atoms with E-state index in [0.29, 0.717) is 12.1 Å². The van der Waals surface area contributed by atoms with Gasteiger partial charge < -0.3 is 9.52 Å². The molecule has 1 aromatic carbocycles.